The molecular formula is C13H17NO. The normalized spacial score (nSPS) is 20.1. The van der Waals surface area contributed by atoms with Gasteiger partial charge in [0.25, 0.3) is 0 Å². The third-order valence-corrected chi connectivity index (χ3v) is 2.70. The maximum Gasteiger partial charge on any atom is 0.126 e. The van der Waals surface area contributed by atoms with Crippen molar-refractivity contribution < 1.29 is 4.74 Å². The summed E-state index contributed by atoms with van der Waals surface area (Å²) in [5.41, 5.74) is 8.40. The monoisotopic (exact) mass is 203 g/mol. The van der Waals surface area contributed by atoms with Gasteiger partial charge in [-0.3, -0.25) is 0 Å². The van der Waals surface area contributed by atoms with E-state index >= 15 is 0 Å². The predicted molar refractivity (Wildman–Crippen MR) is 62.8 cm³/mol. The van der Waals surface area contributed by atoms with Gasteiger partial charge in [0, 0.05) is 11.6 Å². The molecule has 0 spiro atoms. The van der Waals surface area contributed by atoms with Gasteiger partial charge < -0.3 is 10.5 Å². The zero-order valence-electron chi connectivity index (χ0n) is 9.07. The highest BCUT2D eigenvalue weighted by Gasteiger charge is 2.15. The summed E-state index contributed by atoms with van der Waals surface area (Å²) in [7, 11) is 0. The van der Waals surface area contributed by atoms with Crippen molar-refractivity contribution >= 4 is 5.57 Å². The lowest BCUT2D eigenvalue weighted by molar-refractivity contribution is 0.339. The summed E-state index contributed by atoms with van der Waals surface area (Å²) in [6.07, 6.45) is 4.26. The molecule has 2 nitrogen and oxygen atoms in total. The molecule has 1 aliphatic carbocycles. The third-order valence-electron chi connectivity index (χ3n) is 2.70. The molecular weight excluding hydrogens is 186 g/mol. The molecule has 0 heterocycles. The standard InChI is InChI=1S/C13H17NO/c1-2-15-13-6-4-3-5-12(13)10-7-8-11(14)9-10/h3-6,9,11H,2,7-8,14H2,1H3. The van der Waals surface area contributed by atoms with Crippen molar-refractivity contribution in [3.8, 4) is 5.75 Å². The number of benzene rings is 1. The van der Waals surface area contributed by atoms with E-state index in [0.29, 0.717) is 6.61 Å². The average molecular weight is 203 g/mol. The topological polar surface area (TPSA) is 35.2 Å². The molecule has 1 aliphatic rings. The molecule has 1 atom stereocenters. The van der Waals surface area contributed by atoms with E-state index < -0.39 is 0 Å². The van der Waals surface area contributed by atoms with Crippen molar-refractivity contribution in [2.45, 2.75) is 25.8 Å². The molecule has 2 heteroatoms. The molecule has 0 saturated heterocycles. The average Bonchev–Trinajstić information content (AvgIpc) is 2.66. The highest BCUT2D eigenvalue weighted by atomic mass is 16.5. The lowest BCUT2D eigenvalue weighted by Crippen LogP contribution is -2.11. The number of hydrogen-bond donors (Lipinski definition) is 1. The second-order valence-electron chi connectivity index (χ2n) is 3.82. The second kappa shape index (κ2) is 4.49. The van der Waals surface area contributed by atoms with Crippen LogP contribution in [0.15, 0.2) is 30.3 Å². The number of ether oxygens (including phenoxy) is 1. The molecule has 1 aromatic rings. The largest absolute Gasteiger partial charge is 0.493 e. The Hall–Kier alpha value is -1.28. The SMILES string of the molecule is CCOc1ccccc1C1=CC(N)CC1. The van der Waals surface area contributed by atoms with E-state index in [1.165, 1.54) is 11.1 Å². The van der Waals surface area contributed by atoms with Crippen LogP contribution in [0.3, 0.4) is 0 Å². The second-order valence-corrected chi connectivity index (χ2v) is 3.82. The minimum Gasteiger partial charge on any atom is -0.493 e. The number of rotatable bonds is 3. The quantitative estimate of drug-likeness (QED) is 0.819. The Bertz CT molecular complexity index is 371. The van der Waals surface area contributed by atoms with Gasteiger partial charge >= 0.3 is 0 Å². The summed E-state index contributed by atoms with van der Waals surface area (Å²) in [6.45, 7) is 2.71. The molecule has 2 rings (SSSR count). The van der Waals surface area contributed by atoms with Gasteiger partial charge in [-0.25, -0.2) is 0 Å². The Morgan fingerprint density at radius 1 is 1.40 bits per heavy atom. The Morgan fingerprint density at radius 2 is 2.20 bits per heavy atom. The first kappa shape index (κ1) is 10.2. The number of para-hydroxylation sites is 1. The molecule has 80 valence electrons. The molecule has 1 unspecified atom stereocenters. The lowest BCUT2D eigenvalue weighted by atomic mass is 10.0. The van der Waals surface area contributed by atoms with Gasteiger partial charge in [-0.2, -0.15) is 0 Å². The van der Waals surface area contributed by atoms with Crippen LogP contribution in [0.4, 0.5) is 0 Å². The molecule has 0 aromatic heterocycles. The van der Waals surface area contributed by atoms with E-state index in [1.54, 1.807) is 0 Å². The third kappa shape index (κ3) is 2.21. The van der Waals surface area contributed by atoms with E-state index in [1.807, 2.05) is 25.1 Å². The maximum atomic E-state index is 5.87. The zero-order valence-corrected chi connectivity index (χ0v) is 9.07. The van der Waals surface area contributed by atoms with E-state index in [0.717, 1.165) is 18.6 Å². The summed E-state index contributed by atoms with van der Waals surface area (Å²) >= 11 is 0. The van der Waals surface area contributed by atoms with Crippen molar-refractivity contribution in [1.29, 1.82) is 0 Å². The minimum absolute atomic E-state index is 0.217. The van der Waals surface area contributed by atoms with Crippen LogP contribution in [-0.4, -0.2) is 12.6 Å². The molecule has 0 radical (unpaired) electrons. The van der Waals surface area contributed by atoms with Crippen LogP contribution in [0.1, 0.15) is 25.3 Å². The maximum absolute atomic E-state index is 5.87. The number of allylic oxidation sites excluding steroid dienone is 1. The van der Waals surface area contributed by atoms with E-state index in [9.17, 15) is 0 Å². The lowest BCUT2D eigenvalue weighted by Gasteiger charge is -2.10. The van der Waals surface area contributed by atoms with Gasteiger partial charge in [-0.15, -0.1) is 0 Å². The molecule has 0 aliphatic heterocycles. The van der Waals surface area contributed by atoms with E-state index in [-0.39, 0.29) is 6.04 Å². The number of nitrogens with two attached hydrogens (primary N) is 1. The van der Waals surface area contributed by atoms with Crippen LogP contribution in [0, 0.1) is 0 Å². The Balaban J connectivity index is 2.30. The summed E-state index contributed by atoms with van der Waals surface area (Å²) < 4.78 is 5.60. The molecule has 2 N–H and O–H groups in total. The van der Waals surface area contributed by atoms with Gasteiger partial charge in [-0.1, -0.05) is 24.3 Å². The summed E-state index contributed by atoms with van der Waals surface area (Å²) in [4.78, 5) is 0. The van der Waals surface area contributed by atoms with Crippen LogP contribution in [0.2, 0.25) is 0 Å². The van der Waals surface area contributed by atoms with Gasteiger partial charge in [0.1, 0.15) is 5.75 Å². The van der Waals surface area contributed by atoms with Crippen molar-refractivity contribution in [1.82, 2.24) is 0 Å². The van der Waals surface area contributed by atoms with Crippen LogP contribution in [-0.2, 0) is 0 Å². The first-order valence-corrected chi connectivity index (χ1v) is 5.49. The minimum atomic E-state index is 0.217. The molecule has 0 amide bonds. The van der Waals surface area contributed by atoms with Gasteiger partial charge in [-0.05, 0) is 31.4 Å². The van der Waals surface area contributed by atoms with Gasteiger partial charge in [0.15, 0.2) is 0 Å². The zero-order chi connectivity index (χ0) is 10.7. The van der Waals surface area contributed by atoms with Crippen LogP contribution >= 0.6 is 0 Å². The Labute approximate surface area is 90.7 Å². The van der Waals surface area contributed by atoms with Crippen molar-refractivity contribution in [2.24, 2.45) is 5.73 Å². The van der Waals surface area contributed by atoms with Crippen molar-refractivity contribution in [3.63, 3.8) is 0 Å². The van der Waals surface area contributed by atoms with Gasteiger partial charge in [0.2, 0.25) is 0 Å². The predicted octanol–water partition coefficient (Wildman–Crippen LogP) is 2.59. The van der Waals surface area contributed by atoms with Crippen molar-refractivity contribution in [3.05, 3.63) is 35.9 Å². The summed E-state index contributed by atoms with van der Waals surface area (Å²) in [5, 5.41) is 0. The fourth-order valence-corrected chi connectivity index (χ4v) is 1.98. The highest BCUT2D eigenvalue weighted by Crippen LogP contribution is 2.33. The molecule has 0 bridgehead atoms. The van der Waals surface area contributed by atoms with Gasteiger partial charge in [0.05, 0.1) is 6.61 Å². The van der Waals surface area contributed by atoms with Crippen LogP contribution < -0.4 is 10.5 Å². The Morgan fingerprint density at radius 3 is 2.87 bits per heavy atom. The first-order valence-electron chi connectivity index (χ1n) is 5.49. The van der Waals surface area contributed by atoms with Crippen LogP contribution in [0.5, 0.6) is 5.75 Å². The van der Waals surface area contributed by atoms with E-state index in [2.05, 4.69) is 12.1 Å². The fraction of sp³-hybridized carbons (Fsp3) is 0.385. The summed E-state index contributed by atoms with van der Waals surface area (Å²) in [5.74, 6) is 0.973. The molecule has 0 saturated carbocycles. The van der Waals surface area contributed by atoms with Crippen molar-refractivity contribution in [2.75, 3.05) is 6.61 Å². The van der Waals surface area contributed by atoms with Crippen LogP contribution in [0.25, 0.3) is 5.57 Å². The first-order chi connectivity index (χ1) is 7.31. The molecule has 1 aromatic carbocycles. The molecule has 15 heavy (non-hydrogen) atoms. The number of hydrogen-bond acceptors (Lipinski definition) is 2. The molecule has 0 fully saturated rings. The fourth-order valence-electron chi connectivity index (χ4n) is 1.98. The smallest absolute Gasteiger partial charge is 0.126 e. The highest BCUT2D eigenvalue weighted by molar-refractivity contribution is 5.72. The summed E-state index contributed by atoms with van der Waals surface area (Å²) in [6, 6.07) is 8.39. The Kier molecular flexibility index (Phi) is 3.07. The van der Waals surface area contributed by atoms with E-state index in [4.69, 9.17) is 10.5 Å².